The van der Waals surface area contributed by atoms with Crippen molar-refractivity contribution in [2.24, 2.45) is 5.10 Å². The van der Waals surface area contributed by atoms with Gasteiger partial charge in [0.25, 0.3) is 0 Å². The molecule has 3 heteroatoms. The summed E-state index contributed by atoms with van der Waals surface area (Å²) in [5.74, 6) is 0. The molecule has 3 aromatic rings. The van der Waals surface area contributed by atoms with Gasteiger partial charge in [-0.3, -0.25) is 0 Å². The van der Waals surface area contributed by atoms with E-state index in [0.717, 1.165) is 22.4 Å². The summed E-state index contributed by atoms with van der Waals surface area (Å²) in [7, 11) is 0. The fourth-order valence-electron chi connectivity index (χ4n) is 3.25. The molecule has 3 nitrogen and oxygen atoms in total. The molecule has 0 saturated carbocycles. The third kappa shape index (κ3) is 3.51. The number of hydrogen-bond acceptors (Lipinski definition) is 3. The molecule has 0 amide bonds. The maximum absolute atomic E-state index is 6.30. The zero-order valence-corrected chi connectivity index (χ0v) is 16.0. The van der Waals surface area contributed by atoms with E-state index >= 15 is 0 Å². The van der Waals surface area contributed by atoms with Crippen LogP contribution >= 0.6 is 0 Å². The van der Waals surface area contributed by atoms with E-state index in [1.807, 2.05) is 24.3 Å². The second-order valence-electron chi connectivity index (χ2n) is 7.74. The standard InChI is InChI=1S/C24H24N2O/c1-24(2,3)26-25-22(23(27-26)19-14-8-5-9-15-19)21-17-11-10-16-20(21)18-12-6-4-7-13-18/h4-17,23H,1-3H3. The Bertz CT molecular complexity index is 943. The molecular weight excluding hydrogens is 332 g/mol. The Kier molecular flexibility index (Phi) is 4.54. The highest BCUT2D eigenvalue weighted by molar-refractivity contribution is 6.09. The molecule has 1 aliphatic heterocycles. The lowest BCUT2D eigenvalue weighted by atomic mass is 9.92. The summed E-state index contributed by atoms with van der Waals surface area (Å²) in [6.45, 7) is 6.31. The molecule has 27 heavy (non-hydrogen) atoms. The molecule has 0 N–H and O–H groups in total. The summed E-state index contributed by atoms with van der Waals surface area (Å²) < 4.78 is 0. The molecule has 0 bridgehead atoms. The molecule has 0 radical (unpaired) electrons. The van der Waals surface area contributed by atoms with Crippen LogP contribution in [0.5, 0.6) is 0 Å². The maximum atomic E-state index is 6.30. The zero-order chi connectivity index (χ0) is 18.9. The van der Waals surface area contributed by atoms with Crippen LogP contribution in [-0.2, 0) is 4.84 Å². The highest BCUT2D eigenvalue weighted by Crippen LogP contribution is 2.36. The molecule has 1 unspecified atom stereocenters. The van der Waals surface area contributed by atoms with E-state index in [-0.39, 0.29) is 11.6 Å². The summed E-state index contributed by atoms with van der Waals surface area (Å²) in [5, 5.41) is 6.64. The van der Waals surface area contributed by atoms with E-state index in [4.69, 9.17) is 9.94 Å². The van der Waals surface area contributed by atoms with Crippen LogP contribution in [-0.4, -0.2) is 16.4 Å². The van der Waals surface area contributed by atoms with Crippen LogP contribution in [0.2, 0.25) is 0 Å². The van der Waals surface area contributed by atoms with Gasteiger partial charge in [0.05, 0.1) is 5.54 Å². The molecule has 0 spiro atoms. The summed E-state index contributed by atoms with van der Waals surface area (Å²) in [4.78, 5) is 6.30. The van der Waals surface area contributed by atoms with Gasteiger partial charge in [-0.05, 0) is 37.5 Å². The van der Waals surface area contributed by atoms with Crippen molar-refractivity contribution in [1.29, 1.82) is 0 Å². The number of benzene rings is 3. The van der Waals surface area contributed by atoms with Crippen molar-refractivity contribution in [2.45, 2.75) is 32.4 Å². The van der Waals surface area contributed by atoms with E-state index in [1.54, 1.807) is 5.17 Å². The Morgan fingerprint density at radius 2 is 1.30 bits per heavy atom. The van der Waals surface area contributed by atoms with Gasteiger partial charge in [-0.2, -0.15) is 10.3 Å². The summed E-state index contributed by atoms with van der Waals surface area (Å²) >= 11 is 0. The van der Waals surface area contributed by atoms with Crippen molar-refractivity contribution in [3.8, 4) is 11.1 Å². The molecule has 1 aliphatic rings. The first-order valence-electron chi connectivity index (χ1n) is 9.29. The number of hydrazone groups is 1. The van der Waals surface area contributed by atoms with Gasteiger partial charge in [0, 0.05) is 5.56 Å². The van der Waals surface area contributed by atoms with Crippen molar-refractivity contribution < 1.29 is 4.84 Å². The molecule has 1 atom stereocenters. The van der Waals surface area contributed by atoms with E-state index in [2.05, 4.69) is 81.4 Å². The fraction of sp³-hybridized carbons (Fsp3) is 0.208. The van der Waals surface area contributed by atoms with Crippen molar-refractivity contribution in [2.75, 3.05) is 0 Å². The number of hydrogen-bond donors (Lipinski definition) is 0. The molecule has 1 heterocycles. The van der Waals surface area contributed by atoms with Crippen LogP contribution < -0.4 is 0 Å². The number of nitrogens with zero attached hydrogens (tertiary/aromatic N) is 2. The SMILES string of the molecule is CC(C)(C)N1N=C(c2ccccc2-c2ccccc2)C(c2ccccc2)O1. The Balaban J connectivity index is 1.85. The Morgan fingerprint density at radius 3 is 1.93 bits per heavy atom. The fourth-order valence-corrected chi connectivity index (χ4v) is 3.25. The van der Waals surface area contributed by atoms with E-state index in [0.29, 0.717) is 0 Å². The topological polar surface area (TPSA) is 24.8 Å². The predicted molar refractivity (Wildman–Crippen MR) is 110 cm³/mol. The third-order valence-corrected chi connectivity index (χ3v) is 4.62. The first-order valence-corrected chi connectivity index (χ1v) is 9.29. The Hall–Kier alpha value is -2.91. The molecule has 136 valence electrons. The van der Waals surface area contributed by atoms with E-state index in [1.165, 1.54) is 5.56 Å². The monoisotopic (exact) mass is 356 g/mol. The maximum Gasteiger partial charge on any atom is 0.157 e. The highest BCUT2D eigenvalue weighted by atomic mass is 16.7. The van der Waals surface area contributed by atoms with Crippen molar-refractivity contribution in [1.82, 2.24) is 5.17 Å². The molecule has 0 aromatic heterocycles. The van der Waals surface area contributed by atoms with Gasteiger partial charge >= 0.3 is 0 Å². The normalized spacial score (nSPS) is 17.1. The van der Waals surface area contributed by atoms with Crippen LogP contribution in [0.15, 0.2) is 90.0 Å². The minimum absolute atomic E-state index is 0.226. The first-order chi connectivity index (χ1) is 13.0. The molecule has 3 aromatic carbocycles. The lowest BCUT2D eigenvalue weighted by Gasteiger charge is -2.28. The first kappa shape index (κ1) is 17.5. The van der Waals surface area contributed by atoms with Gasteiger partial charge in [-0.25, -0.2) is 4.84 Å². The lowest BCUT2D eigenvalue weighted by molar-refractivity contribution is -0.210. The number of rotatable bonds is 3. The molecular formula is C24H24N2O. The average Bonchev–Trinajstić information content (AvgIpc) is 3.15. The smallest absolute Gasteiger partial charge is 0.157 e. The second-order valence-corrected chi connectivity index (χ2v) is 7.74. The second kappa shape index (κ2) is 7.01. The van der Waals surface area contributed by atoms with Crippen LogP contribution in [0.1, 0.15) is 38.0 Å². The van der Waals surface area contributed by atoms with Crippen LogP contribution in [0.3, 0.4) is 0 Å². The predicted octanol–water partition coefficient (Wildman–Crippen LogP) is 5.84. The zero-order valence-electron chi connectivity index (χ0n) is 16.0. The highest BCUT2D eigenvalue weighted by Gasteiger charge is 2.36. The molecule has 0 saturated heterocycles. The minimum atomic E-state index is -0.227. The summed E-state index contributed by atoms with van der Waals surface area (Å²) in [6, 6.07) is 29.1. The van der Waals surface area contributed by atoms with Crippen molar-refractivity contribution in [3.63, 3.8) is 0 Å². The Morgan fingerprint density at radius 1 is 0.741 bits per heavy atom. The van der Waals surface area contributed by atoms with Gasteiger partial charge < -0.3 is 0 Å². The quantitative estimate of drug-likeness (QED) is 0.588. The molecule has 0 fully saturated rings. The van der Waals surface area contributed by atoms with E-state index < -0.39 is 0 Å². The van der Waals surface area contributed by atoms with Crippen LogP contribution in [0, 0.1) is 0 Å². The van der Waals surface area contributed by atoms with Gasteiger partial charge in [0.1, 0.15) is 5.71 Å². The lowest BCUT2D eigenvalue weighted by Crippen LogP contribution is -2.35. The summed E-state index contributed by atoms with van der Waals surface area (Å²) in [5.41, 5.74) is 5.26. The van der Waals surface area contributed by atoms with Crippen LogP contribution in [0.4, 0.5) is 0 Å². The van der Waals surface area contributed by atoms with E-state index in [9.17, 15) is 0 Å². The molecule has 0 aliphatic carbocycles. The van der Waals surface area contributed by atoms with Gasteiger partial charge in [-0.1, -0.05) is 84.9 Å². The molecule has 4 rings (SSSR count). The number of hydroxylamine groups is 1. The summed E-state index contributed by atoms with van der Waals surface area (Å²) in [6.07, 6.45) is -0.227. The third-order valence-electron chi connectivity index (χ3n) is 4.62. The largest absolute Gasteiger partial charge is 0.241 e. The Labute approximate surface area is 160 Å². The van der Waals surface area contributed by atoms with Crippen molar-refractivity contribution >= 4 is 5.71 Å². The average molecular weight is 356 g/mol. The minimum Gasteiger partial charge on any atom is -0.241 e. The van der Waals surface area contributed by atoms with Crippen LogP contribution in [0.25, 0.3) is 11.1 Å². The van der Waals surface area contributed by atoms with Gasteiger partial charge in [0.15, 0.2) is 6.10 Å². The van der Waals surface area contributed by atoms with Crippen molar-refractivity contribution in [3.05, 3.63) is 96.1 Å². The van der Waals surface area contributed by atoms with Gasteiger partial charge in [-0.15, -0.1) is 0 Å². The van der Waals surface area contributed by atoms with Gasteiger partial charge in [0.2, 0.25) is 0 Å².